The van der Waals surface area contributed by atoms with E-state index in [1.807, 2.05) is 62.4 Å². The van der Waals surface area contributed by atoms with Gasteiger partial charge in [0.05, 0.1) is 4.90 Å². The number of sulfonamides is 1. The first-order valence-electron chi connectivity index (χ1n) is 9.92. The van der Waals surface area contributed by atoms with Crippen LogP contribution >= 0.6 is 0 Å². The highest BCUT2D eigenvalue weighted by molar-refractivity contribution is 7.89. The minimum atomic E-state index is -3.69. The van der Waals surface area contributed by atoms with Crippen molar-refractivity contribution in [1.82, 2.24) is 4.72 Å². The molecule has 6 nitrogen and oxygen atoms in total. The Morgan fingerprint density at radius 1 is 0.935 bits per heavy atom. The minimum absolute atomic E-state index is 0.127. The summed E-state index contributed by atoms with van der Waals surface area (Å²) in [7, 11) is -3.69. The monoisotopic (exact) mass is 438 g/mol. The third-order valence-corrected chi connectivity index (χ3v) is 6.57. The summed E-state index contributed by atoms with van der Waals surface area (Å²) < 4.78 is 33.4. The van der Waals surface area contributed by atoms with Crippen molar-refractivity contribution in [3.05, 3.63) is 89.5 Å². The highest BCUT2D eigenvalue weighted by Crippen LogP contribution is 2.20. The van der Waals surface area contributed by atoms with Gasteiger partial charge in [-0.05, 0) is 67.8 Å². The van der Waals surface area contributed by atoms with Crippen molar-refractivity contribution in [1.29, 1.82) is 0 Å². The summed E-state index contributed by atoms with van der Waals surface area (Å²) in [6.07, 6.45) is 0. The molecule has 0 heterocycles. The summed E-state index contributed by atoms with van der Waals surface area (Å²) in [5.41, 5.74) is 3.71. The third kappa shape index (κ3) is 5.93. The van der Waals surface area contributed by atoms with E-state index in [4.69, 9.17) is 4.74 Å². The predicted molar refractivity (Wildman–Crippen MR) is 122 cm³/mol. The smallest absolute Gasteiger partial charge is 0.262 e. The van der Waals surface area contributed by atoms with E-state index >= 15 is 0 Å². The Morgan fingerprint density at radius 3 is 2.29 bits per heavy atom. The van der Waals surface area contributed by atoms with Gasteiger partial charge in [0.2, 0.25) is 10.0 Å². The lowest BCUT2D eigenvalue weighted by Crippen LogP contribution is -2.26. The standard InChI is InChI=1S/C24H26N2O4S/c1-17-8-7-11-23(18(17)2)25-24(27)16-30-21-12-14-22(15-13-21)31(28,29)26-19(3)20-9-5-4-6-10-20/h4-15,19,26H,16H2,1-3H3,(H,25,27)/t19-/m0/s1. The molecule has 0 aliphatic rings. The number of carbonyl (C=O) groups excluding carboxylic acids is 1. The van der Waals surface area contributed by atoms with Crippen molar-refractivity contribution in [3.63, 3.8) is 0 Å². The van der Waals surface area contributed by atoms with Crippen LogP contribution in [-0.2, 0) is 14.8 Å². The lowest BCUT2D eigenvalue weighted by Gasteiger charge is -2.15. The highest BCUT2D eigenvalue weighted by atomic mass is 32.2. The zero-order valence-electron chi connectivity index (χ0n) is 17.8. The zero-order valence-corrected chi connectivity index (χ0v) is 18.6. The molecule has 0 saturated carbocycles. The van der Waals surface area contributed by atoms with Gasteiger partial charge >= 0.3 is 0 Å². The first kappa shape index (κ1) is 22.5. The van der Waals surface area contributed by atoms with Crippen LogP contribution < -0.4 is 14.8 Å². The quantitative estimate of drug-likeness (QED) is 0.547. The predicted octanol–water partition coefficient (Wildman–Crippen LogP) is 4.36. The molecule has 0 spiro atoms. The van der Waals surface area contributed by atoms with Crippen LogP contribution in [0.5, 0.6) is 5.75 Å². The first-order valence-corrected chi connectivity index (χ1v) is 11.4. The Labute approximate surface area is 183 Å². The van der Waals surface area contributed by atoms with Gasteiger partial charge in [-0.2, -0.15) is 0 Å². The van der Waals surface area contributed by atoms with Crippen molar-refractivity contribution < 1.29 is 17.9 Å². The van der Waals surface area contributed by atoms with Crippen LogP contribution in [0.1, 0.15) is 29.7 Å². The van der Waals surface area contributed by atoms with E-state index in [9.17, 15) is 13.2 Å². The number of anilines is 1. The summed E-state index contributed by atoms with van der Waals surface area (Å²) in [5.74, 6) is 0.120. The fraction of sp³-hybridized carbons (Fsp3) is 0.208. The van der Waals surface area contributed by atoms with Gasteiger partial charge in [0, 0.05) is 11.7 Å². The molecule has 0 bridgehead atoms. The number of benzene rings is 3. The number of aryl methyl sites for hydroxylation is 1. The van der Waals surface area contributed by atoms with E-state index in [1.165, 1.54) is 24.3 Å². The molecule has 3 aromatic rings. The lowest BCUT2D eigenvalue weighted by atomic mass is 10.1. The highest BCUT2D eigenvalue weighted by Gasteiger charge is 2.18. The van der Waals surface area contributed by atoms with Crippen LogP contribution in [0.25, 0.3) is 0 Å². The molecule has 0 fully saturated rings. The van der Waals surface area contributed by atoms with Crippen molar-refractivity contribution in [2.45, 2.75) is 31.7 Å². The maximum Gasteiger partial charge on any atom is 0.262 e. The topological polar surface area (TPSA) is 84.5 Å². The third-order valence-electron chi connectivity index (χ3n) is 5.01. The number of ether oxygens (including phenoxy) is 1. The zero-order chi connectivity index (χ0) is 22.4. The molecule has 1 atom stereocenters. The molecule has 7 heteroatoms. The molecule has 1 amide bonds. The fourth-order valence-electron chi connectivity index (χ4n) is 3.05. The van der Waals surface area contributed by atoms with Gasteiger partial charge in [-0.15, -0.1) is 0 Å². The number of hydrogen-bond acceptors (Lipinski definition) is 4. The summed E-state index contributed by atoms with van der Waals surface area (Å²) in [5, 5.41) is 2.82. The van der Waals surface area contributed by atoms with Crippen LogP contribution in [0.4, 0.5) is 5.69 Å². The molecule has 31 heavy (non-hydrogen) atoms. The molecular weight excluding hydrogens is 412 g/mol. The molecule has 162 valence electrons. The number of carbonyl (C=O) groups is 1. The largest absolute Gasteiger partial charge is 0.484 e. The van der Waals surface area contributed by atoms with Crippen LogP contribution in [0.2, 0.25) is 0 Å². The van der Waals surface area contributed by atoms with E-state index in [0.717, 1.165) is 22.4 Å². The Bertz CT molecular complexity index is 1140. The Balaban J connectivity index is 1.58. The number of hydrogen-bond donors (Lipinski definition) is 2. The molecule has 0 aliphatic heterocycles. The van der Waals surface area contributed by atoms with Gasteiger partial charge in [-0.1, -0.05) is 42.5 Å². The number of nitrogens with one attached hydrogen (secondary N) is 2. The van der Waals surface area contributed by atoms with Gasteiger partial charge in [0.1, 0.15) is 5.75 Å². The molecule has 0 aromatic heterocycles. The summed E-state index contributed by atoms with van der Waals surface area (Å²) in [6.45, 7) is 5.53. The van der Waals surface area contributed by atoms with Crippen molar-refractivity contribution in [2.24, 2.45) is 0 Å². The van der Waals surface area contributed by atoms with Gasteiger partial charge in [-0.3, -0.25) is 4.79 Å². The second-order valence-electron chi connectivity index (χ2n) is 7.31. The second-order valence-corrected chi connectivity index (χ2v) is 9.02. The number of rotatable bonds is 8. The lowest BCUT2D eigenvalue weighted by molar-refractivity contribution is -0.118. The molecule has 0 saturated heterocycles. The SMILES string of the molecule is Cc1cccc(NC(=O)COc2ccc(S(=O)(=O)N[C@@H](C)c3ccccc3)cc2)c1C. The van der Waals surface area contributed by atoms with Gasteiger partial charge in [-0.25, -0.2) is 13.1 Å². The van der Waals surface area contributed by atoms with E-state index in [2.05, 4.69) is 10.0 Å². The summed E-state index contributed by atoms with van der Waals surface area (Å²) in [6, 6.07) is 20.7. The molecular formula is C24H26N2O4S. The molecule has 3 aromatic carbocycles. The fourth-order valence-corrected chi connectivity index (χ4v) is 4.28. The van der Waals surface area contributed by atoms with Crippen LogP contribution in [0.3, 0.4) is 0 Å². The second kappa shape index (κ2) is 9.76. The normalized spacial score (nSPS) is 12.2. The summed E-state index contributed by atoms with van der Waals surface area (Å²) >= 11 is 0. The van der Waals surface area contributed by atoms with E-state index in [1.54, 1.807) is 6.92 Å². The van der Waals surface area contributed by atoms with Crippen LogP contribution in [0, 0.1) is 13.8 Å². The van der Waals surface area contributed by atoms with Gasteiger partial charge in [0.15, 0.2) is 6.61 Å². The van der Waals surface area contributed by atoms with Crippen molar-refractivity contribution >= 4 is 21.6 Å². The van der Waals surface area contributed by atoms with Crippen LogP contribution in [-0.4, -0.2) is 20.9 Å². The minimum Gasteiger partial charge on any atom is -0.484 e. The molecule has 0 radical (unpaired) electrons. The Hall–Kier alpha value is -3.16. The van der Waals surface area contributed by atoms with E-state index in [-0.39, 0.29) is 23.5 Å². The van der Waals surface area contributed by atoms with E-state index < -0.39 is 10.0 Å². The number of amides is 1. The first-order chi connectivity index (χ1) is 14.8. The Morgan fingerprint density at radius 2 is 1.61 bits per heavy atom. The molecule has 2 N–H and O–H groups in total. The van der Waals surface area contributed by atoms with Gasteiger partial charge < -0.3 is 10.1 Å². The maximum absolute atomic E-state index is 12.6. The van der Waals surface area contributed by atoms with Crippen molar-refractivity contribution in [2.75, 3.05) is 11.9 Å². The maximum atomic E-state index is 12.6. The molecule has 0 unspecified atom stereocenters. The van der Waals surface area contributed by atoms with Crippen LogP contribution in [0.15, 0.2) is 77.7 Å². The molecule has 3 rings (SSSR count). The Kier molecular flexibility index (Phi) is 7.09. The average Bonchev–Trinajstić information content (AvgIpc) is 2.76. The van der Waals surface area contributed by atoms with E-state index in [0.29, 0.717) is 5.75 Å². The average molecular weight is 439 g/mol. The van der Waals surface area contributed by atoms with Gasteiger partial charge in [0.25, 0.3) is 5.91 Å². The summed E-state index contributed by atoms with van der Waals surface area (Å²) in [4.78, 5) is 12.3. The van der Waals surface area contributed by atoms with Crippen molar-refractivity contribution in [3.8, 4) is 5.75 Å². The molecule has 0 aliphatic carbocycles.